The smallest absolute Gasteiger partial charge is 0.274 e. The van der Waals surface area contributed by atoms with Gasteiger partial charge in [-0.2, -0.15) is 0 Å². The molecule has 0 bridgehead atoms. The van der Waals surface area contributed by atoms with Crippen molar-refractivity contribution in [3.63, 3.8) is 0 Å². The summed E-state index contributed by atoms with van der Waals surface area (Å²) in [6.07, 6.45) is 0.756. The molecular formula is C17H26FN3O3. The van der Waals surface area contributed by atoms with E-state index >= 15 is 0 Å². The molecule has 3 rings (SSSR count). The molecule has 1 amide bonds. The van der Waals surface area contributed by atoms with Crippen molar-refractivity contribution in [2.24, 2.45) is 0 Å². The molecule has 0 saturated carbocycles. The second kappa shape index (κ2) is 9.08. The van der Waals surface area contributed by atoms with Gasteiger partial charge in [-0.15, -0.1) is 0 Å². The molecule has 24 heavy (non-hydrogen) atoms. The topological polar surface area (TPSA) is 73.8 Å². The Bertz CT molecular complexity index is 562. The monoisotopic (exact) mass is 339 g/mol. The molecule has 0 spiro atoms. The number of hydroxylamine groups is 1. The van der Waals surface area contributed by atoms with E-state index in [1.807, 2.05) is 13.8 Å². The summed E-state index contributed by atoms with van der Waals surface area (Å²) in [6, 6.07) is 2.82. The third-order valence-electron chi connectivity index (χ3n) is 4.19. The van der Waals surface area contributed by atoms with Crippen LogP contribution in [0.1, 0.15) is 35.3 Å². The van der Waals surface area contributed by atoms with Crippen molar-refractivity contribution in [2.75, 3.05) is 32.8 Å². The van der Waals surface area contributed by atoms with E-state index in [0.29, 0.717) is 25.1 Å². The Morgan fingerprint density at radius 1 is 1.50 bits per heavy atom. The van der Waals surface area contributed by atoms with Gasteiger partial charge in [0.05, 0.1) is 12.7 Å². The molecule has 0 aliphatic carbocycles. The molecule has 6 nitrogen and oxygen atoms in total. The Morgan fingerprint density at radius 3 is 2.96 bits per heavy atom. The number of carbonyl (C=O) groups is 1. The molecule has 1 atom stereocenters. The van der Waals surface area contributed by atoms with Crippen LogP contribution in [0.25, 0.3) is 0 Å². The number of ether oxygens (including phenoxy) is 1. The number of hydrogen-bond acceptors (Lipinski definition) is 5. The summed E-state index contributed by atoms with van der Waals surface area (Å²) in [5.41, 5.74) is 3.14. The summed E-state index contributed by atoms with van der Waals surface area (Å²) < 4.78 is 19.8. The molecule has 1 saturated heterocycles. The zero-order valence-electron chi connectivity index (χ0n) is 14.3. The van der Waals surface area contributed by atoms with Crippen molar-refractivity contribution >= 4 is 5.91 Å². The molecule has 7 heteroatoms. The van der Waals surface area contributed by atoms with Crippen molar-refractivity contribution in [2.45, 2.75) is 32.9 Å². The molecule has 134 valence electrons. The highest BCUT2D eigenvalue weighted by Crippen LogP contribution is 2.24. The van der Waals surface area contributed by atoms with Crippen LogP contribution in [0.15, 0.2) is 12.1 Å². The normalized spacial score (nSPS) is 20.6. The van der Waals surface area contributed by atoms with Gasteiger partial charge < -0.3 is 10.1 Å². The fraction of sp³-hybridized carbons (Fsp3) is 0.588. The summed E-state index contributed by atoms with van der Waals surface area (Å²) in [4.78, 5) is 13.7. The summed E-state index contributed by atoms with van der Waals surface area (Å²) in [5, 5.41) is 12.0. The lowest BCUT2D eigenvalue weighted by Gasteiger charge is -2.33. The fourth-order valence-electron chi connectivity index (χ4n) is 3.08. The largest absolute Gasteiger partial charge is 0.374 e. The van der Waals surface area contributed by atoms with E-state index in [0.717, 1.165) is 31.7 Å². The molecule has 2 heterocycles. The van der Waals surface area contributed by atoms with Crippen LogP contribution in [0.5, 0.6) is 0 Å². The number of halogens is 1. The number of nitrogens with one attached hydrogen (secondary N) is 2. The maximum Gasteiger partial charge on any atom is 0.274 e. The number of hydrogen-bond donors (Lipinski definition) is 3. The molecule has 1 unspecified atom stereocenters. The number of fused-ring (bicyclic) bond motifs is 1. The number of morpholine rings is 1. The van der Waals surface area contributed by atoms with Crippen molar-refractivity contribution in [3.05, 3.63) is 34.6 Å². The van der Waals surface area contributed by atoms with Crippen molar-refractivity contribution in [3.8, 4) is 0 Å². The number of nitrogens with zero attached hydrogens (tertiary/aromatic N) is 1. The van der Waals surface area contributed by atoms with Gasteiger partial charge in [-0.25, -0.2) is 9.87 Å². The summed E-state index contributed by atoms with van der Waals surface area (Å²) in [7, 11) is 0. The highest BCUT2D eigenvalue weighted by molar-refractivity contribution is 5.93. The molecule has 1 aromatic carbocycles. The van der Waals surface area contributed by atoms with E-state index in [4.69, 9.17) is 9.94 Å². The van der Waals surface area contributed by atoms with Crippen LogP contribution >= 0.6 is 0 Å². The van der Waals surface area contributed by atoms with Gasteiger partial charge >= 0.3 is 0 Å². The van der Waals surface area contributed by atoms with Gasteiger partial charge in [0.25, 0.3) is 5.91 Å². The first-order valence-electron chi connectivity index (χ1n) is 8.48. The number of amides is 1. The van der Waals surface area contributed by atoms with E-state index in [1.165, 1.54) is 6.07 Å². The molecule has 1 aromatic rings. The zero-order chi connectivity index (χ0) is 17.5. The van der Waals surface area contributed by atoms with Gasteiger partial charge in [0.15, 0.2) is 0 Å². The number of benzene rings is 1. The minimum atomic E-state index is -0.696. The van der Waals surface area contributed by atoms with Crippen molar-refractivity contribution in [1.29, 1.82) is 0 Å². The quantitative estimate of drug-likeness (QED) is 0.572. The average Bonchev–Trinajstić information content (AvgIpc) is 2.63. The molecule has 2 aliphatic rings. The highest BCUT2D eigenvalue weighted by atomic mass is 19.1. The third-order valence-corrected chi connectivity index (χ3v) is 4.19. The van der Waals surface area contributed by atoms with Crippen LogP contribution in [-0.2, 0) is 17.7 Å². The second-order valence-corrected chi connectivity index (χ2v) is 5.72. The van der Waals surface area contributed by atoms with Gasteiger partial charge in [0, 0.05) is 38.3 Å². The lowest BCUT2D eigenvalue weighted by atomic mass is 9.96. The van der Waals surface area contributed by atoms with Crippen molar-refractivity contribution < 1.29 is 19.1 Å². The van der Waals surface area contributed by atoms with Crippen LogP contribution in [0, 0.1) is 5.82 Å². The third kappa shape index (κ3) is 4.51. The Balaban J connectivity index is 0.00000100. The lowest BCUT2D eigenvalue weighted by molar-refractivity contribution is 0.00291. The SMILES string of the molecule is CC.O=C(NO)c1cc(F)c2c(c1)CN(CC1CNCCO1)CC2. The predicted octanol–water partition coefficient (Wildman–Crippen LogP) is 1.32. The van der Waals surface area contributed by atoms with Crippen molar-refractivity contribution in [1.82, 2.24) is 15.7 Å². The fourth-order valence-corrected chi connectivity index (χ4v) is 3.08. The first kappa shape index (κ1) is 18.8. The Hall–Kier alpha value is -1.54. The predicted molar refractivity (Wildman–Crippen MR) is 88.6 cm³/mol. The first-order chi connectivity index (χ1) is 11.7. The maximum atomic E-state index is 14.1. The van der Waals surface area contributed by atoms with Crippen LogP contribution in [0.4, 0.5) is 4.39 Å². The lowest BCUT2D eigenvalue weighted by Crippen LogP contribution is -2.46. The number of carbonyl (C=O) groups excluding carboxylic acids is 1. The van der Waals surface area contributed by atoms with Gasteiger partial charge in [-0.3, -0.25) is 14.9 Å². The maximum absolute atomic E-state index is 14.1. The minimum absolute atomic E-state index is 0.135. The Kier molecular flexibility index (Phi) is 7.11. The van der Waals surface area contributed by atoms with Crippen LogP contribution in [0.3, 0.4) is 0 Å². The van der Waals surface area contributed by atoms with E-state index in [9.17, 15) is 9.18 Å². The summed E-state index contributed by atoms with van der Waals surface area (Å²) >= 11 is 0. The summed E-state index contributed by atoms with van der Waals surface area (Å²) in [6.45, 7) is 8.55. The molecule has 2 aliphatic heterocycles. The molecule has 0 aromatic heterocycles. The van der Waals surface area contributed by atoms with Crippen LogP contribution < -0.4 is 10.8 Å². The summed E-state index contributed by atoms with van der Waals surface area (Å²) in [5.74, 6) is -1.08. The minimum Gasteiger partial charge on any atom is -0.374 e. The second-order valence-electron chi connectivity index (χ2n) is 5.72. The molecule has 0 radical (unpaired) electrons. The first-order valence-corrected chi connectivity index (χ1v) is 8.48. The van der Waals surface area contributed by atoms with Gasteiger partial charge in [0.2, 0.25) is 0 Å². The standard InChI is InChI=1S/C15H20FN3O3.C2H6/c16-14-6-10(15(20)18-21)5-11-8-19(3-1-13(11)14)9-12-7-17-2-4-22-12;1-2/h5-6,12,17,21H,1-4,7-9H2,(H,18,20);1-2H3. The average molecular weight is 339 g/mol. The molecule has 1 fully saturated rings. The van der Waals surface area contributed by atoms with E-state index in [1.54, 1.807) is 11.5 Å². The highest BCUT2D eigenvalue weighted by Gasteiger charge is 2.24. The van der Waals surface area contributed by atoms with Gasteiger partial charge in [-0.05, 0) is 29.7 Å². The van der Waals surface area contributed by atoms with E-state index in [2.05, 4.69) is 10.2 Å². The Morgan fingerprint density at radius 2 is 2.29 bits per heavy atom. The van der Waals surface area contributed by atoms with Gasteiger partial charge in [0.1, 0.15) is 5.82 Å². The van der Waals surface area contributed by atoms with Crippen LogP contribution in [-0.4, -0.2) is 54.9 Å². The molecular weight excluding hydrogens is 313 g/mol. The van der Waals surface area contributed by atoms with Crippen LogP contribution in [0.2, 0.25) is 0 Å². The zero-order valence-corrected chi connectivity index (χ0v) is 14.3. The Labute approximate surface area is 141 Å². The van der Waals surface area contributed by atoms with E-state index in [-0.39, 0.29) is 17.5 Å². The molecule has 3 N–H and O–H groups in total. The van der Waals surface area contributed by atoms with E-state index < -0.39 is 5.91 Å². The van der Waals surface area contributed by atoms with Gasteiger partial charge in [-0.1, -0.05) is 13.8 Å². The number of rotatable bonds is 3.